The molecule has 0 aliphatic rings. The van der Waals surface area contributed by atoms with Gasteiger partial charge in [-0.15, -0.1) is 0 Å². The van der Waals surface area contributed by atoms with E-state index in [0.717, 1.165) is 31.1 Å². The molecule has 0 saturated heterocycles. The fourth-order valence-electron chi connectivity index (χ4n) is 2.86. The molecule has 30 heavy (non-hydrogen) atoms. The Morgan fingerprint density at radius 1 is 1.10 bits per heavy atom. The van der Waals surface area contributed by atoms with Gasteiger partial charge in [0.05, 0.1) is 11.8 Å². The minimum absolute atomic E-state index is 0.0530. The van der Waals surface area contributed by atoms with Crippen LogP contribution in [0, 0.1) is 13.8 Å². The Morgan fingerprint density at radius 2 is 1.80 bits per heavy atom. The van der Waals surface area contributed by atoms with Crippen LogP contribution in [0.5, 0.6) is 5.75 Å². The fraction of sp³-hybridized carbons (Fsp3) is 0.409. The van der Waals surface area contributed by atoms with Gasteiger partial charge in [-0.3, -0.25) is 4.79 Å². The van der Waals surface area contributed by atoms with E-state index in [0.29, 0.717) is 5.69 Å². The topological polar surface area (TPSA) is 79.0 Å². The minimum atomic E-state index is -3.84. The number of nitrogens with one attached hydrogen (secondary N) is 1. The Hall–Kier alpha value is -2.58. The van der Waals surface area contributed by atoms with Gasteiger partial charge in [0.15, 0.2) is 0 Å². The molecule has 0 atom stereocenters. The van der Waals surface area contributed by atoms with Gasteiger partial charge in [0, 0.05) is 20.6 Å². The number of amides is 1. The molecular formula is C22H31N3O4S. The van der Waals surface area contributed by atoms with Crippen LogP contribution in [-0.4, -0.2) is 45.4 Å². The van der Waals surface area contributed by atoms with Crippen LogP contribution in [0.3, 0.4) is 0 Å². The maximum Gasteiger partial charge on any atom is 0.304 e. The van der Waals surface area contributed by atoms with E-state index in [1.165, 1.54) is 14.1 Å². The Balaban J connectivity index is 2.18. The fourth-order valence-corrected chi connectivity index (χ4v) is 3.98. The van der Waals surface area contributed by atoms with Gasteiger partial charge in [-0.05, 0) is 62.6 Å². The summed E-state index contributed by atoms with van der Waals surface area (Å²) in [5, 5.41) is 2.81. The first-order valence-corrected chi connectivity index (χ1v) is 11.2. The maximum atomic E-state index is 12.9. The lowest BCUT2D eigenvalue weighted by Crippen LogP contribution is -2.46. The van der Waals surface area contributed by atoms with Crippen LogP contribution in [0.2, 0.25) is 0 Å². The molecule has 0 heterocycles. The van der Waals surface area contributed by atoms with Crippen molar-refractivity contribution in [3.8, 4) is 5.75 Å². The molecule has 2 aromatic rings. The third-order valence-corrected chi connectivity index (χ3v) is 6.23. The number of rotatable bonds is 9. The molecule has 0 aliphatic heterocycles. The van der Waals surface area contributed by atoms with Gasteiger partial charge in [0.25, 0.3) is 0 Å². The van der Waals surface area contributed by atoms with Crippen LogP contribution in [0.4, 0.5) is 5.69 Å². The molecule has 0 saturated carbocycles. The lowest BCUT2D eigenvalue weighted by atomic mass is 10.1. The van der Waals surface area contributed by atoms with Crippen LogP contribution >= 0.6 is 0 Å². The lowest BCUT2D eigenvalue weighted by Gasteiger charge is -2.28. The molecular weight excluding hydrogens is 402 g/mol. The van der Waals surface area contributed by atoms with E-state index < -0.39 is 16.1 Å². The molecule has 1 amide bonds. The van der Waals surface area contributed by atoms with Crippen LogP contribution < -0.4 is 14.4 Å². The number of carbonyl (C=O) groups is 1. The van der Waals surface area contributed by atoms with Crippen molar-refractivity contribution in [2.75, 3.05) is 24.9 Å². The highest BCUT2D eigenvalue weighted by molar-refractivity contribution is 7.90. The number of hydrogen-bond acceptors (Lipinski definition) is 4. The summed E-state index contributed by atoms with van der Waals surface area (Å²) in [7, 11) is -0.944. The van der Waals surface area contributed by atoms with Crippen LogP contribution in [0.15, 0.2) is 42.5 Å². The highest BCUT2D eigenvalue weighted by Crippen LogP contribution is 2.25. The quantitative estimate of drug-likeness (QED) is 0.659. The normalized spacial score (nSPS) is 11.6. The van der Waals surface area contributed by atoms with Crippen LogP contribution in [0.25, 0.3) is 0 Å². The first-order valence-electron chi connectivity index (χ1n) is 9.80. The molecule has 164 valence electrons. The molecule has 0 fully saturated rings. The molecule has 0 aromatic heterocycles. The zero-order chi connectivity index (χ0) is 22.5. The summed E-state index contributed by atoms with van der Waals surface area (Å²) in [6.45, 7) is 7.56. The average Bonchev–Trinajstić information content (AvgIpc) is 2.66. The zero-order valence-corrected chi connectivity index (χ0v) is 19.3. The third kappa shape index (κ3) is 6.21. The van der Waals surface area contributed by atoms with E-state index in [9.17, 15) is 13.2 Å². The highest BCUT2D eigenvalue weighted by atomic mass is 32.2. The second-order valence-electron chi connectivity index (χ2n) is 7.68. The van der Waals surface area contributed by atoms with Crippen molar-refractivity contribution >= 4 is 21.8 Å². The summed E-state index contributed by atoms with van der Waals surface area (Å²) in [5.41, 5.74) is 3.05. The third-order valence-electron chi connectivity index (χ3n) is 4.42. The predicted molar refractivity (Wildman–Crippen MR) is 120 cm³/mol. The van der Waals surface area contributed by atoms with E-state index in [2.05, 4.69) is 5.32 Å². The Labute approximate surface area is 179 Å². The molecule has 0 radical (unpaired) electrons. The molecule has 1 N–H and O–H groups in total. The number of benzene rings is 2. The summed E-state index contributed by atoms with van der Waals surface area (Å²) >= 11 is 0. The number of anilines is 1. The molecule has 0 spiro atoms. The SMILES string of the molecule is Cc1ccc(C)c(N(CC(=O)NCc2cccc(OC(C)C)c2)S(=O)(=O)N(C)C)c1. The van der Waals surface area contributed by atoms with E-state index in [1.54, 1.807) is 6.07 Å². The predicted octanol–water partition coefficient (Wildman–Crippen LogP) is 3.02. The summed E-state index contributed by atoms with van der Waals surface area (Å²) in [6.07, 6.45) is 0.0530. The summed E-state index contributed by atoms with van der Waals surface area (Å²) < 4.78 is 33.7. The highest BCUT2D eigenvalue weighted by Gasteiger charge is 2.28. The van der Waals surface area contributed by atoms with Crippen molar-refractivity contribution in [2.45, 2.75) is 40.3 Å². The number of hydrogen-bond donors (Lipinski definition) is 1. The van der Waals surface area contributed by atoms with E-state index >= 15 is 0 Å². The molecule has 8 heteroatoms. The summed E-state index contributed by atoms with van der Waals surface area (Å²) in [5.74, 6) is 0.334. The van der Waals surface area contributed by atoms with E-state index in [4.69, 9.17) is 4.74 Å². The van der Waals surface area contributed by atoms with E-state index in [-0.39, 0.29) is 19.2 Å². The second-order valence-corrected chi connectivity index (χ2v) is 9.74. The largest absolute Gasteiger partial charge is 0.491 e. The summed E-state index contributed by atoms with van der Waals surface area (Å²) in [6, 6.07) is 13.0. The van der Waals surface area contributed by atoms with Crippen molar-refractivity contribution in [1.29, 1.82) is 0 Å². The smallest absolute Gasteiger partial charge is 0.304 e. The standard InChI is InChI=1S/C22H31N3O4S/c1-16(2)29-20-9-7-8-19(13-20)14-23-22(26)15-25(30(27,28)24(5)6)21-12-17(3)10-11-18(21)4/h7-13,16H,14-15H2,1-6H3,(H,23,26). The van der Waals surface area contributed by atoms with Crippen molar-refractivity contribution in [2.24, 2.45) is 0 Å². The minimum Gasteiger partial charge on any atom is -0.491 e. The second kappa shape index (κ2) is 9.95. The molecule has 7 nitrogen and oxygen atoms in total. The van der Waals surface area contributed by atoms with Gasteiger partial charge < -0.3 is 10.1 Å². The number of carbonyl (C=O) groups excluding carboxylic acids is 1. The van der Waals surface area contributed by atoms with Gasteiger partial charge in [-0.1, -0.05) is 24.3 Å². The maximum absolute atomic E-state index is 12.9. The molecule has 2 aromatic carbocycles. The van der Waals surface area contributed by atoms with Crippen LogP contribution in [0.1, 0.15) is 30.5 Å². The zero-order valence-electron chi connectivity index (χ0n) is 18.5. The number of nitrogens with zero attached hydrogens (tertiary/aromatic N) is 2. The van der Waals surface area contributed by atoms with Crippen LogP contribution in [-0.2, 0) is 21.5 Å². The Morgan fingerprint density at radius 3 is 2.43 bits per heavy atom. The summed E-state index contributed by atoms with van der Waals surface area (Å²) in [4.78, 5) is 12.7. The molecule has 0 bridgehead atoms. The average molecular weight is 434 g/mol. The van der Waals surface area contributed by atoms with Gasteiger partial charge in [0.2, 0.25) is 5.91 Å². The van der Waals surface area contributed by atoms with E-state index in [1.807, 2.05) is 64.1 Å². The lowest BCUT2D eigenvalue weighted by molar-refractivity contribution is -0.119. The van der Waals surface area contributed by atoms with Gasteiger partial charge >= 0.3 is 10.2 Å². The van der Waals surface area contributed by atoms with Gasteiger partial charge in [0.1, 0.15) is 12.3 Å². The Kier molecular flexibility index (Phi) is 7.86. The van der Waals surface area contributed by atoms with Crippen molar-refractivity contribution in [3.05, 3.63) is 59.2 Å². The number of aryl methyl sites for hydroxylation is 2. The number of ether oxygens (including phenoxy) is 1. The molecule has 0 aliphatic carbocycles. The van der Waals surface area contributed by atoms with Crippen molar-refractivity contribution in [3.63, 3.8) is 0 Å². The molecule has 0 unspecified atom stereocenters. The Bertz CT molecular complexity index is 988. The van der Waals surface area contributed by atoms with Crippen molar-refractivity contribution < 1.29 is 17.9 Å². The molecule has 2 rings (SSSR count). The monoisotopic (exact) mass is 433 g/mol. The van der Waals surface area contributed by atoms with Gasteiger partial charge in [-0.2, -0.15) is 12.7 Å². The van der Waals surface area contributed by atoms with Crippen molar-refractivity contribution in [1.82, 2.24) is 9.62 Å². The first-order chi connectivity index (χ1) is 14.0. The first kappa shape index (κ1) is 23.7. The van der Waals surface area contributed by atoms with Gasteiger partial charge in [-0.25, -0.2) is 4.31 Å².